The molecule has 1 saturated carbocycles. The molecule has 3 rings (SSSR count). The summed E-state index contributed by atoms with van der Waals surface area (Å²) in [4.78, 5) is 42.3. The lowest BCUT2D eigenvalue weighted by molar-refractivity contribution is -0.121. The molecule has 0 bridgehead atoms. The molecule has 0 radical (unpaired) electrons. The van der Waals surface area contributed by atoms with Gasteiger partial charge in [-0.05, 0) is 48.8 Å². The number of aromatic carboxylic acids is 1. The predicted molar refractivity (Wildman–Crippen MR) is 132 cm³/mol. The van der Waals surface area contributed by atoms with Crippen LogP contribution in [0.2, 0.25) is 0 Å². The van der Waals surface area contributed by atoms with Crippen LogP contribution in [0.15, 0.2) is 24.3 Å². The highest BCUT2D eigenvalue weighted by molar-refractivity contribution is 6.01. The van der Waals surface area contributed by atoms with Gasteiger partial charge in [0.05, 0.1) is 12.1 Å². The van der Waals surface area contributed by atoms with Crippen molar-refractivity contribution in [2.75, 3.05) is 20.1 Å². The molecular weight excluding hydrogens is 430 g/mol. The fraction of sp³-hybridized carbons (Fsp3) is 0.519. The van der Waals surface area contributed by atoms with Gasteiger partial charge in [-0.2, -0.15) is 0 Å². The van der Waals surface area contributed by atoms with Gasteiger partial charge in [0.25, 0.3) is 5.91 Å². The van der Waals surface area contributed by atoms with E-state index in [1.165, 1.54) is 11.1 Å². The molecule has 7 nitrogen and oxygen atoms in total. The van der Waals surface area contributed by atoms with Crippen molar-refractivity contribution in [2.45, 2.75) is 71.1 Å². The zero-order valence-corrected chi connectivity index (χ0v) is 21.2. The molecule has 1 aliphatic carbocycles. The van der Waals surface area contributed by atoms with E-state index in [0.29, 0.717) is 17.8 Å². The van der Waals surface area contributed by atoms with Gasteiger partial charge < -0.3 is 20.3 Å². The summed E-state index contributed by atoms with van der Waals surface area (Å²) in [7, 11) is 1.55. The van der Waals surface area contributed by atoms with Crippen molar-refractivity contribution < 1.29 is 19.5 Å². The molecule has 0 aliphatic heterocycles. The Morgan fingerprint density at radius 1 is 1.09 bits per heavy atom. The molecule has 7 heteroatoms. The van der Waals surface area contributed by atoms with E-state index in [0.717, 1.165) is 25.7 Å². The van der Waals surface area contributed by atoms with Gasteiger partial charge in [0, 0.05) is 24.7 Å². The number of carbonyl (C=O) groups is 3. The van der Waals surface area contributed by atoms with Gasteiger partial charge in [-0.1, -0.05) is 57.9 Å². The van der Waals surface area contributed by atoms with Crippen LogP contribution in [0, 0.1) is 13.8 Å². The first-order valence-corrected chi connectivity index (χ1v) is 11.9. The summed E-state index contributed by atoms with van der Waals surface area (Å²) in [6.45, 7) is 10.1. The zero-order valence-electron chi connectivity index (χ0n) is 21.2. The number of rotatable bonds is 7. The lowest BCUT2D eigenvalue weighted by Crippen LogP contribution is -2.47. The minimum atomic E-state index is -1.07. The maximum atomic E-state index is 13.7. The largest absolute Gasteiger partial charge is 0.478 e. The van der Waals surface area contributed by atoms with E-state index in [9.17, 15) is 19.5 Å². The Morgan fingerprint density at radius 3 is 2.15 bits per heavy atom. The molecule has 2 amide bonds. The number of aromatic amines is 1. The number of carboxylic acids is 1. The van der Waals surface area contributed by atoms with E-state index >= 15 is 0 Å². The third-order valence-corrected chi connectivity index (χ3v) is 7.18. The number of carbonyl (C=O) groups excluding carboxylic acids is 2. The number of H-pyrrole nitrogens is 1. The van der Waals surface area contributed by atoms with E-state index in [2.05, 4.69) is 55.3 Å². The van der Waals surface area contributed by atoms with Crippen LogP contribution in [-0.4, -0.2) is 52.9 Å². The Labute approximate surface area is 201 Å². The lowest BCUT2D eigenvalue weighted by atomic mass is 9.76. The van der Waals surface area contributed by atoms with Crippen LogP contribution in [0.1, 0.15) is 89.7 Å². The van der Waals surface area contributed by atoms with E-state index in [1.807, 2.05) is 0 Å². The van der Waals surface area contributed by atoms with Gasteiger partial charge in [-0.25, -0.2) is 4.79 Å². The molecule has 1 heterocycles. The number of nitrogens with zero attached hydrogens (tertiary/aromatic N) is 1. The quantitative estimate of drug-likeness (QED) is 0.564. The normalized spacial score (nSPS) is 15.2. The molecule has 1 aromatic heterocycles. The van der Waals surface area contributed by atoms with Gasteiger partial charge in [0.15, 0.2) is 0 Å². The Morgan fingerprint density at radius 2 is 1.68 bits per heavy atom. The summed E-state index contributed by atoms with van der Waals surface area (Å²) in [5, 5.41) is 12.2. The molecule has 1 aromatic carbocycles. The van der Waals surface area contributed by atoms with E-state index < -0.39 is 5.97 Å². The second-order valence-corrected chi connectivity index (χ2v) is 10.6. The number of hydrogen-bond donors (Lipinski definition) is 3. The molecule has 0 atom stereocenters. The number of aryl methyl sites for hydroxylation is 1. The van der Waals surface area contributed by atoms with Crippen molar-refractivity contribution in [3.05, 3.63) is 57.9 Å². The summed E-state index contributed by atoms with van der Waals surface area (Å²) in [6.07, 6.45) is 3.99. The van der Waals surface area contributed by atoms with Crippen LogP contribution in [-0.2, 0) is 15.6 Å². The van der Waals surface area contributed by atoms with Crippen LogP contribution >= 0.6 is 0 Å². The van der Waals surface area contributed by atoms with Crippen molar-refractivity contribution >= 4 is 17.8 Å². The third-order valence-electron chi connectivity index (χ3n) is 7.18. The Balaban J connectivity index is 2.00. The molecule has 0 spiro atoms. The van der Waals surface area contributed by atoms with Crippen molar-refractivity contribution in [3.63, 3.8) is 0 Å². The fourth-order valence-corrected chi connectivity index (χ4v) is 5.17. The van der Waals surface area contributed by atoms with Crippen LogP contribution < -0.4 is 5.32 Å². The highest BCUT2D eigenvalue weighted by atomic mass is 16.4. The number of benzene rings is 1. The topological polar surface area (TPSA) is 103 Å². The Kier molecular flexibility index (Phi) is 7.24. The number of carboxylic acid groups (broad SMARTS) is 1. The van der Waals surface area contributed by atoms with Crippen molar-refractivity contribution in [2.24, 2.45) is 0 Å². The molecule has 34 heavy (non-hydrogen) atoms. The second-order valence-electron chi connectivity index (χ2n) is 10.6. The van der Waals surface area contributed by atoms with Crippen molar-refractivity contribution in [3.8, 4) is 0 Å². The first-order valence-electron chi connectivity index (χ1n) is 11.9. The van der Waals surface area contributed by atoms with Crippen molar-refractivity contribution in [1.82, 2.24) is 15.2 Å². The smallest absolute Gasteiger partial charge is 0.337 e. The number of hydrogen-bond acceptors (Lipinski definition) is 3. The van der Waals surface area contributed by atoms with Crippen molar-refractivity contribution in [1.29, 1.82) is 0 Å². The molecule has 3 N–H and O–H groups in total. The molecular formula is C27H37N3O4. The predicted octanol–water partition coefficient (Wildman–Crippen LogP) is 4.33. The molecule has 1 fully saturated rings. The molecule has 0 saturated heterocycles. The van der Waals surface area contributed by atoms with Gasteiger partial charge in [-0.15, -0.1) is 0 Å². The number of amides is 2. The Bertz CT molecular complexity index is 1070. The first kappa shape index (κ1) is 25.5. The first-order chi connectivity index (χ1) is 15.9. The second kappa shape index (κ2) is 9.65. The molecule has 0 unspecified atom stereocenters. The van der Waals surface area contributed by atoms with Gasteiger partial charge in [-0.3, -0.25) is 9.59 Å². The molecule has 184 valence electrons. The number of nitrogens with one attached hydrogen (secondary N) is 2. The maximum Gasteiger partial charge on any atom is 0.337 e. The van der Waals surface area contributed by atoms with Gasteiger partial charge in [0.1, 0.15) is 5.69 Å². The standard InChI is InChI=1S/C27H37N3O4/c1-17-22(25(33)34)18(2)29-23(17)24(32)30(15-21(31)28-6)16-27(13-7-8-14-27)20-11-9-19(10-12-20)26(3,4)5/h9-12,29H,7-8,13-16H2,1-6H3,(H,28,31)(H,33,34). The fourth-order valence-electron chi connectivity index (χ4n) is 5.17. The van der Waals surface area contributed by atoms with Crippen LogP contribution in [0.25, 0.3) is 0 Å². The number of aromatic nitrogens is 1. The van der Waals surface area contributed by atoms with Crippen LogP contribution in [0.5, 0.6) is 0 Å². The minimum Gasteiger partial charge on any atom is -0.478 e. The van der Waals surface area contributed by atoms with Crippen LogP contribution in [0.3, 0.4) is 0 Å². The summed E-state index contributed by atoms with van der Waals surface area (Å²) >= 11 is 0. The zero-order chi connectivity index (χ0) is 25.3. The van der Waals surface area contributed by atoms with Gasteiger partial charge >= 0.3 is 5.97 Å². The average Bonchev–Trinajstić information content (AvgIpc) is 3.36. The van der Waals surface area contributed by atoms with E-state index in [1.54, 1.807) is 25.8 Å². The summed E-state index contributed by atoms with van der Waals surface area (Å²) in [5.41, 5.74) is 3.40. The van der Waals surface area contributed by atoms with Gasteiger partial charge in [0.2, 0.25) is 5.91 Å². The van der Waals surface area contributed by atoms with E-state index in [-0.39, 0.29) is 40.4 Å². The molecule has 1 aliphatic rings. The summed E-state index contributed by atoms with van der Waals surface area (Å²) < 4.78 is 0. The third kappa shape index (κ3) is 5.03. The highest BCUT2D eigenvalue weighted by Gasteiger charge is 2.40. The van der Waals surface area contributed by atoms with Crippen LogP contribution in [0.4, 0.5) is 0 Å². The highest BCUT2D eigenvalue weighted by Crippen LogP contribution is 2.42. The average molecular weight is 468 g/mol. The lowest BCUT2D eigenvalue weighted by Gasteiger charge is -2.36. The SMILES string of the molecule is CNC(=O)CN(CC1(c2ccc(C(C)(C)C)cc2)CCCC1)C(=O)c1[nH]c(C)c(C(=O)O)c1C. The maximum absolute atomic E-state index is 13.7. The summed E-state index contributed by atoms with van der Waals surface area (Å²) in [6, 6.07) is 8.66. The minimum absolute atomic E-state index is 0.0490. The number of likely N-dealkylation sites (N-methyl/N-ethyl adjacent to an activating group) is 1. The monoisotopic (exact) mass is 467 g/mol. The molecule has 2 aromatic rings. The summed E-state index contributed by atoms with van der Waals surface area (Å²) in [5.74, 6) is -1.69. The Hall–Kier alpha value is -3.09. The van der Waals surface area contributed by atoms with E-state index in [4.69, 9.17) is 0 Å².